The highest BCUT2D eigenvalue weighted by Gasteiger charge is 2.26. The molecule has 0 bridgehead atoms. The Balaban J connectivity index is 2.34. The molecule has 1 unspecified atom stereocenters. The molecule has 1 aromatic rings. The molecule has 0 spiro atoms. The molecule has 1 fully saturated rings. The van der Waals surface area contributed by atoms with Gasteiger partial charge in [0.2, 0.25) is 5.91 Å². The van der Waals surface area contributed by atoms with E-state index < -0.39 is 5.41 Å². The standard InChI is InChI=1S/C19H29N3O4/c1-19(2,3)18(24)22-14-10-16(26-5)15(25-4)9-13(14)17(23)21-12-7-6-8-20-11-12/h9-10,12,20H,6-8,11H2,1-5H3,(H,21,23)(H,22,24). The van der Waals surface area contributed by atoms with Crippen molar-refractivity contribution in [2.45, 2.75) is 39.7 Å². The Morgan fingerprint density at radius 2 is 1.81 bits per heavy atom. The van der Waals surface area contributed by atoms with Crippen LogP contribution in [0.25, 0.3) is 0 Å². The first-order valence-electron chi connectivity index (χ1n) is 8.85. The summed E-state index contributed by atoms with van der Waals surface area (Å²) < 4.78 is 10.6. The van der Waals surface area contributed by atoms with Crippen molar-refractivity contribution in [2.75, 3.05) is 32.6 Å². The second-order valence-electron chi connectivity index (χ2n) is 7.47. The zero-order valence-electron chi connectivity index (χ0n) is 16.2. The maximum Gasteiger partial charge on any atom is 0.253 e. The predicted octanol–water partition coefficient (Wildman–Crippen LogP) is 2.17. The lowest BCUT2D eigenvalue weighted by Gasteiger charge is -2.25. The van der Waals surface area contributed by atoms with E-state index in [0.29, 0.717) is 22.7 Å². The average molecular weight is 363 g/mol. The highest BCUT2D eigenvalue weighted by atomic mass is 16.5. The first kappa shape index (κ1) is 20.0. The molecule has 7 nitrogen and oxygen atoms in total. The monoisotopic (exact) mass is 363 g/mol. The Bertz CT molecular complexity index is 661. The summed E-state index contributed by atoms with van der Waals surface area (Å²) in [4.78, 5) is 25.3. The van der Waals surface area contributed by atoms with Gasteiger partial charge in [-0.15, -0.1) is 0 Å². The average Bonchev–Trinajstić information content (AvgIpc) is 2.61. The van der Waals surface area contributed by atoms with Crippen LogP contribution in [0.1, 0.15) is 44.0 Å². The van der Waals surface area contributed by atoms with Gasteiger partial charge in [0.05, 0.1) is 25.5 Å². The molecule has 0 aromatic heterocycles. The summed E-state index contributed by atoms with van der Waals surface area (Å²) >= 11 is 0. The number of anilines is 1. The third-order valence-corrected chi connectivity index (χ3v) is 4.33. The van der Waals surface area contributed by atoms with Gasteiger partial charge in [0, 0.05) is 24.1 Å². The molecule has 1 heterocycles. The van der Waals surface area contributed by atoms with Gasteiger partial charge >= 0.3 is 0 Å². The third-order valence-electron chi connectivity index (χ3n) is 4.33. The number of piperidine rings is 1. The third kappa shape index (κ3) is 4.88. The summed E-state index contributed by atoms with van der Waals surface area (Å²) in [5.74, 6) is 0.461. The van der Waals surface area contributed by atoms with E-state index in [4.69, 9.17) is 9.47 Å². The highest BCUT2D eigenvalue weighted by molar-refractivity contribution is 6.05. The van der Waals surface area contributed by atoms with Crippen LogP contribution in [0.4, 0.5) is 5.69 Å². The second kappa shape index (κ2) is 8.40. The van der Waals surface area contributed by atoms with Crippen molar-refractivity contribution in [1.29, 1.82) is 0 Å². The lowest BCUT2D eigenvalue weighted by molar-refractivity contribution is -0.123. The van der Waals surface area contributed by atoms with Crippen LogP contribution in [0, 0.1) is 5.41 Å². The Morgan fingerprint density at radius 1 is 1.15 bits per heavy atom. The number of ether oxygens (including phenoxy) is 2. The first-order valence-corrected chi connectivity index (χ1v) is 8.85. The number of benzene rings is 1. The molecular weight excluding hydrogens is 334 g/mol. The number of hydrogen-bond donors (Lipinski definition) is 3. The van der Waals surface area contributed by atoms with Gasteiger partial charge in [-0.3, -0.25) is 9.59 Å². The van der Waals surface area contributed by atoms with E-state index in [1.165, 1.54) is 14.2 Å². The fraction of sp³-hybridized carbons (Fsp3) is 0.579. The molecule has 26 heavy (non-hydrogen) atoms. The van der Waals surface area contributed by atoms with Crippen LogP contribution in [-0.2, 0) is 4.79 Å². The van der Waals surface area contributed by atoms with Crippen LogP contribution < -0.4 is 25.4 Å². The van der Waals surface area contributed by atoms with Crippen molar-refractivity contribution < 1.29 is 19.1 Å². The molecule has 0 saturated carbocycles. The van der Waals surface area contributed by atoms with Gasteiger partial charge < -0.3 is 25.4 Å². The van der Waals surface area contributed by atoms with Crippen molar-refractivity contribution >= 4 is 17.5 Å². The summed E-state index contributed by atoms with van der Waals surface area (Å²) in [6.07, 6.45) is 1.94. The Labute approximate surface area is 154 Å². The number of hydrogen-bond acceptors (Lipinski definition) is 5. The predicted molar refractivity (Wildman–Crippen MR) is 101 cm³/mol. The molecule has 1 aromatic carbocycles. The molecule has 3 N–H and O–H groups in total. The van der Waals surface area contributed by atoms with Gasteiger partial charge in [-0.1, -0.05) is 20.8 Å². The Hall–Kier alpha value is -2.28. The van der Waals surface area contributed by atoms with E-state index in [1.807, 2.05) is 20.8 Å². The molecular formula is C19H29N3O4. The summed E-state index contributed by atoms with van der Waals surface area (Å²) in [5, 5.41) is 9.14. The highest BCUT2D eigenvalue weighted by Crippen LogP contribution is 2.34. The van der Waals surface area contributed by atoms with Crippen molar-refractivity contribution in [2.24, 2.45) is 5.41 Å². The van der Waals surface area contributed by atoms with Crippen LogP contribution in [0.15, 0.2) is 12.1 Å². The number of amides is 2. The van der Waals surface area contributed by atoms with E-state index in [1.54, 1.807) is 12.1 Å². The van der Waals surface area contributed by atoms with E-state index in [0.717, 1.165) is 25.9 Å². The zero-order chi connectivity index (χ0) is 19.3. The van der Waals surface area contributed by atoms with Crippen molar-refractivity contribution in [3.63, 3.8) is 0 Å². The minimum Gasteiger partial charge on any atom is -0.493 e. The maximum absolute atomic E-state index is 12.8. The molecule has 2 amide bonds. The second-order valence-corrected chi connectivity index (χ2v) is 7.47. The maximum atomic E-state index is 12.8. The molecule has 144 valence electrons. The zero-order valence-corrected chi connectivity index (χ0v) is 16.2. The molecule has 1 atom stereocenters. The van der Waals surface area contributed by atoms with E-state index >= 15 is 0 Å². The molecule has 1 saturated heterocycles. The Morgan fingerprint density at radius 3 is 2.35 bits per heavy atom. The largest absolute Gasteiger partial charge is 0.493 e. The number of rotatable bonds is 5. The summed E-state index contributed by atoms with van der Waals surface area (Å²) in [7, 11) is 3.03. The Kier molecular flexibility index (Phi) is 6.47. The van der Waals surface area contributed by atoms with E-state index in [-0.39, 0.29) is 17.9 Å². The SMILES string of the molecule is COc1cc(NC(=O)C(C)(C)C)c(C(=O)NC2CCCNC2)cc1OC. The van der Waals surface area contributed by atoms with E-state index in [9.17, 15) is 9.59 Å². The van der Waals surface area contributed by atoms with Crippen LogP contribution in [0.2, 0.25) is 0 Å². The normalized spacial score (nSPS) is 17.3. The van der Waals surface area contributed by atoms with Gasteiger partial charge in [0.1, 0.15) is 0 Å². The molecule has 2 rings (SSSR count). The first-order chi connectivity index (χ1) is 12.3. The molecule has 1 aliphatic rings. The molecule has 0 radical (unpaired) electrons. The van der Waals surface area contributed by atoms with Gasteiger partial charge in [-0.05, 0) is 25.5 Å². The number of methoxy groups -OCH3 is 2. The minimum atomic E-state index is -0.589. The smallest absolute Gasteiger partial charge is 0.253 e. The van der Waals surface area contributed by atoms with Gasteiger partial charge in [-0.25, -0.2) is 0 Å². The lowest BCUT2D eigenvalue weighted by Crippen LogP contribution is -2.45. The number of carbonyl (C=O) groups is 2. The quantitative estimate of drug-likeness (QED) is 0.746. The van der Waals surface area contributed by atoms with Crippen LogP contribution in [0.5, 0.6) is 11.5 Å². The van der Waals surface area contributed by atoms with Crippen LogP contribution in [-0.4, -0.2) is 45.2 Å². The number of nitrogens with one attached hydrogen (secondary N) is 3. The van der Waals surface area contributed by atoms with Crippen LogP contribution in [0.3, 0.4) is 0 Å². The fourth-order valence-corrected chi connectivity index (χ4v) is 2.72. The summed E-state index contributed by atoms with van der Waals surface area (Å²) in [6.45, 7) is 7.15. The van der Waals surface area contributed by atoms with Crippen LogP contribution >= 0.6 is 0 Å². The van der Waals surface area contributed by atoms with Gasteiger partial charge in [0.25, 0.3) is 5.91 Å². The van der Waals surface area contributed by atoms with Crippen molar-refractivity contribution in [3.8, 4) is 11.5 Å². The van der Waals surface area contributed by atoms with Gasteiger partial charge in [-0.2, -0.15) is 0 Å². The van der Waals surface area contributed by atoms with Gasteiger partial charge in [0.15, 0.2) is 11.5 Å². The lowest BCUT2D eigenvalue weighted by atomic mass is 9.95. The number of carbonyl (C=O) groups excluding carboxylic acids is 2. The molecule has 0 aliphatic carbocycles. The fourth-order valence-electron chi connectivity index (χ4n) is 2.72. The minimum absolute atomic E-state index is 0.0653. The summed E-state index contributed by atoms with van der Waals surface area (Å²) in [6, 6.07) is 3.29. The topological polar surface area (TPSA) is 88.7 Å². The van der Waals surface area contributed by atoms with Crippen molar-refractivity contribution in [1.82, 2.24) is 10.6 Å². The van der Waals surface area contributed by atoms with Crippen molar-refractivity contribution in [3.05, 3.63) is 17.7 Å². The molecule has 1 aliphatic heterocycles. The van der Waals surface area contributed by atoms with E-state index in [2.05, 4.69) is 16.0 Å². The summed E-state index contributed by atoms with van der Waals surface area (Å²) in [5.41, 5.74) is 0.170. The molecule has 7 heteroatoms.